The van der Waals surface area contributed by atoms with Crippen molar-refractivity contribution in [2.24, 2.45) is 0 Å². The maximum Gasteiger partial charge on any atom is 0.269 e. The van der Waals surface area contributed by atoms with Crippen LogP contribution in [0.1, 0.15) is 10.4 Å². The zero-order valence-corrected chi connectivity index (χ0v) is 22.0. The molecule has 0 bridgehead atoms. The molecule has 1 aliphatic rings. The number of aliphatic hydroxyl groups is 1. The molecule has 1 heterocycles. The molecule has 14 heteroatoms. The van der Waals surface area contributed by atoms with E-state index in [9.17, 15) is 31.5 Å². The Kier molecular flexibility index (Phi) is 7.49. The molecule has 3 aromatic carbocycles. The monoisotopic (exact) mass is 583 g/mol. The van der Waals surface area contributed by atoms with Crippen molar-refractivity contribution in [3.8, 4) is 0 Å². The van der Waals surface area contributed by atoms with Crippen molar-refractivity contribution in [3.63, 3.8) is 0 Å². The number of amides is 2. The highest BCUT2D eigenvalue weighted by molar-refractivity contribution is 7.92. The molecule has 0 radical (unpaired) electrons. The first-order chi connectivity index (χ1) is 17.5. The van der Waals surface area contributed by atoms with E-state index in [4.69, 9.17) is 23.2 Å². The van der Waals surface area contributed by atoms with E-state index in [0.717, 1.165) is 4.31 Å². The molecule has 0 saturated heterocycles. The lowest BCUT2D eigenvalue weighted by molar-refractivity contribution is -0.116. The molecule has 3 aromatic rings. The quantitative estimate of drug-likeness (QED) is 0.415. The molecule has 0 atom stereocenters. The van der Waals surface area contributed by atoms with Gasteiger partial charge in [0.05, 0.1) is 39.3 Å². The number of rotatable bonds is 8. The summed E-state index contributed by atoms with van der Waals surface area (Å²) in [7, 11) is -8.29. The van der Waals surface area contributed by atoms with Crippen LogP contribution in [0.2, 0.25) is 10.0 Å². The van der Waals surface area contributed by atoms with Crippen LogP contribution in [0.5, 0.6) is 0 Å². The molecular weight excluding hydrogens is 565 g/mol. The average molecular weight is 584 g/mol. The van der Waals surface area contributed by atoms with Gasteiger partial charge in [-0.15, -0.1) is 0 Å². The number of hydrogen-bond acceptors (Lipinski definition) is 7. The summed E-state index contributed by atoms with van der Waals surface area (Å²) in [5, 5.41) is 12.2. The van der Waals surface area contributed by atoms with Gasteiger partial charge in [-0.1, -0.05) is 35.3 Å². The number of carbonyl (C=O) groups excluding carboxylic acids is 2. The molecule has 0 fully saturated rings. The summed E-state index contributed by atoms with van der Waals surface area (Å²) in [6.07, 6.45) is 0. The lowest BCUT2D eigenvalue weighted by Gasteiger charge is -2.24. The third kappa shape index (κ3) is 5.15. The van der Waals surface area contributed by atoms with Gasteiger partial charge in [-0.25, -0.2) is 21.1 Å². The van der Waals surface area contributed by atoms with Crippen molar-refractivity contribution in [1.82, 2.24) is 4.31 Å². The van der Waals surface area contributed by atoms with Crippen molar-refractivity contribution in [2.75, 3.05) is 29.3 Å². The molecule has 1 aliphatic heterocycles. The fourth-order valence-electron chi connectivity index (χ4n) is 3.67. The second-order valence-corrected chi connectivity index (χ2v) is 12.3. The highest BCUT2D eigenvalue weighted by atomic mass is 35.5. The maximum atomic E-state index is 13.2. The van der Waals surface area contributed by atoms with Crippen LogP contribution < -0.4 is 9.62 Å². The third-order valence-corrected chi connectivity index (χ3v) is 9.79. The van der Waals surface area contributed by atoms with E-state index in [1.54, 1.807) is 0 Å². The van der Waals surface area contributed by atoms with Crippen LogP contribution in [0.4, 0.5) is 11.4 Å². The minimum Gasteiger partial charge on any atom is -0.394 e. The summed E-state index contributed by atoms with van der Waals surface area (Å²) in [5.41, 5.74) is 0.353. The molecule has 2 amide bonds. The molecule has 0 aliphatic carbocycles. The summed E-state index contributed by atoms with van der Waals surface area (Å²) in [4.78, 5) is 24.7. The SMILES string of the molecule is O=C(CN1C(=O)c2ccccc2S1(=O)=O)Nc1ccc(S(=O)(=O)N(CCO)c2ccc(Cl)c(Cl)c2)cc1. The van der Waals surface area contributed by atoms with Gasteiger partial charge in [0.25, 0.3) is 26.0 Å². The molecule has 37 heavy (non-hydrogen) atoms. The zero-order valence-electron chi connectivity index (χ0n) is 18.8. The number of anilines is 2. The Hall–Kier alpha value is -3.16. The van der Waals surface area contributed by atoms with Crippen molar-refractivity contribution in [1.29, 1.82) is 0 Å². The van der Waals surface area contributed by atoms with Gasteiger partial charge in [-0.2, -0.15) is 0 Å². The third-order valence-electron chi connectivity index (χ3n) is 5.42. The Morgan fingerprint density at radius 1 is 1.00 bits per heavy atom. The van der Waals surface area contributed by atoms with Gasteiger partial charge >= 0.3 is 0 Å². The zero-order chi connectivity index (χ0) is 27.0. The van der Waals surface area contributed by atoms with Gasteiger partial charge in [0.2, 0.25) is 5.91 Å². The number of nitrogens with zero attached hydrogens (tertiary/aromatic N) is 2. The molecule has 194 valence electrons. The average Bonchev–Trinajstić information content (AvgIpc) is 3.05. The van der Waals surface area contributed by atoms with Crippen molar-refractivity contribution in [2.45, 2.75) is 9.79 Å². The Labute approximate surface area is 223 Å². The van der Waals surface area contributed by atoms with Crippen LogP contribution in [0, 0.1) is 0 Å². The Bertz CT molecular complexity index is 1590. The minimum atomic E-state index is -4.16. The summed E-state index contributed by atoms with van der Waals surface area (Å²) < 4.78 is 53.2. The summed E-state index contributed by atoms with van der Waals surface area (Å²) in [5.74, 6) is -1.60. The van der Waals surface area contributed by atoms with Crippen LogP contribution in [0.25, 0.3) is 0 Å². The molecule has 0 unspecified atom stereocenters. The molecular formula is C23H19Cl2N3O7S2. The molecule has 2 N–H and O–H groups in total. The summed E-state index contributed by atoms with van der Waals surface area (Å²) in [6, 6.07) is 15.0. The lowest BCUT2D eigenvalue weighted by Crippen LogP contribution is -2.37. The predicted molar refractivity (Wildman–Crippen MR) is 138 cm³/mol. The minimum absolute atomic E-state index is 0.0146. The first-order valence-electron chi connectivity index (χ1n) is 10.6. The van der Waals surface area contributed by atoms with Gasteiger partial charge in [0.1, 0.15) is 11.4 Å². The van der Waals surface area contributed by atoms with Crippen LogP contribution in [-0.2, 0) is 24.8 Å². The first kappa shape index (κ1) is 26.9. The molecule has 0 spiro atoms. The van der Waals surface area contributed by atoms with Gasteiger partial charge in [-0.05, 0) is 54.6 Å². The standard InChI is InChI=1S/C23H19Cl2N3O7S2/c24-19-10-7-16(13-20(19)25)27(11-12-29)36(32,33)17-8-5-15(6-9-17)26-22(30)14-28-23(31)18-3-1-2-4-21(18)37(28,34)35/h1-10,13,29H,11-12,14H2,(H,26,30). The Morgan fingerprint density at radius 3 is 2.30 bits per heavy atom. The number of hydrogen-bond donors (Lipinski definition) is 2. The number of carbonyl (C=O) groups is 2. The van der Waals surface area contributed by atoms with E-state index in [1.807, 2.05) is 0 Å². The number of benzene rings is 3. The Morgan fingerprint density at radius 2 is 1.68 bits per heavy atom. The highest BCUT2D eigenvalue weighted by Gasteiger charge is 2.41. The second kappa shape index (κ2) is 10.3. The highest BCUT2D eigenvalue weighted by Crippen LogP contribution is 2.31. The van der Waals surface area contributed by atoms with Crippen molar-refractivity contribution in [3.05, 3.63) is 82.3 Å². The van der Waals surface area contributed by atoms with Gasteiger partial charge in [0.15, 0.2) is 0 Å². The lowest BCUT2D eigenvalue weighted by atomic mass is 10.2. The van der Waals surface area contributed by atoms with Gasteiger partial charge in [0, 0.05) is 5.69 Å². The van der Waals surface area contributed by atoms with E-state index in [0.29, 0.717) is 4.31 Å². The first-order valence-corrected chi connectivity index (χ1v) is 14.2. The van der Waals surface area contributed by atoms with Gasteiger partial charge in [-0.3, -0.25) is 13.9 Å². The Balaban J connectivity index is 1.50. The fourth-order valence-corrected chi connectivity index (χ4v) is 6.94. The van der Waals surface area contributed by atoms with E-state index in [-0.39, 0.29) is 43.3 Å². The van der Waals surface area contributed by atoms with Crippen LogP contribution >= 0.6 is 23.2 Å². The van der Waals surface area contributed by atoms with E-state index < -0.39 is 45.0 Å². The maximum absolute atomic E-state index is 13.2. The number of halogens is 2. The molecule has 0 aromatic heterocycles. The van der Waals surface area contributed by atoms with Crippen molar-refractivity contribution < 1.29 is 31.5 Å². The molecule has 0 saturated carbocycles. The normalized spacial score (nSPS) is 14.4. The number of sulfonamides is 2. The van der Waals surface area contributed by atoms with Gasteiger partial charge < -0.3 is 10.4 Å². The second-order valence-electron chi connectivity index (χ2n) is 7.78. The summed E-state index contributed by atoms with van der Waals surface area (Å²) in [6.45, 7) is -1.47. The number of nitrogens with one attached hydrogen (secondary N) is 1. The summed E-state index contributed by atoms with van der Waals surface area (Å²) >= 11 is 11.9. The van der Waals surface area contributed by atoms with Crippen LogP contribution in [0.15, 0.2) is 76.5 Å². The molecule has 4 rings (SSSR count). The topological polar surface area (TPSA) is 141 Å². The van der Waals surface area contributed by atoms with E-state index in [2.05, 4.69) is 5.32 Å². The molecule has 10 nitrogen and oxygen atoms in total. The smallest absolute Gasteiger partial charge is 0.269 e. The largest absolute Gasteiger partial charge is 0.394 e. The van der Waals surface area contributed by atoms with Crippen LogP contribution in [-0.4, -0.2) is 57.8 Å². The van der Waals surface area contributed by atoms with Crippen LogP contribution in [0.3, 0.4) is 0 Å². The predicted octanol–water partition coefficient (Wildman–Crippen LogP) is 2.96. The van der Waals surface area contributed by atoms with Crippen molar-refractivity contribution >= 4 is 66.4 Å². The van der Waals surface area contributed by atoms with E-state index >= 15 is 0 Å². The van der Waals surface area contributed by atoms with E-state index in [1.165, 1.54) is 66.7 Å². The number of aliphatic hydroxyl groups excluding tert-OH is 1. The number of fused-ring (bicyclic) bond motifs is 1. The fraction of sp³-hybridized carbons (Fsp3) is 0.130.